The lowest BCUT2D eigenvalue weighted by atomic mass is 9.93. The van der Waals surface area contributed by atoms with Crippen LogP contribution in [0.3, 0.4) is 0 Å². The third-order valence-electron chi connectivity index (χ3n) is 5.86. The molecule has 3 aliphatic heterocycles. The fourth-order valence-corrected chi connectivity index (χ4v) is 4.27. The lowest BCUT2D eigenvalue weighted by Gasteiger charge is -2.35. The van der Waals surface area contributed by atoms with Gasteiger partial charge in [-0.2, -0.15) is 0 Å². The Labute approximate surface area is 159 Å². The molecule has 2 aromatic rings. The SMILES string of the molecule is Cc1cccc(C(=O)N2C[C@H]3CC[C@@H](C2)N(Cc2c(C)noc2C)C3=O)c1. The average Bonchev–Trinajstić information content (AvgIpc) is 2.82. The molecule has 0 radical (unpaired) electrons. The zero-order valence-corrected chi connectivity index (χ0v) is 16.1. The van der Waals surface area contributed by atoms with E-state index in [0.29, 0.717) is 25.2 Å². The largest absolute Gasteiger partial charge is 0.361 e. The highest BCUT2D eigenvalue weighted by Gasteiger charge is 2.42. The van der Waals surface area contributed by atoms with Gasteiger partial charge in [0.2, 0.25) is 5.91 Å². The second-order valence-corrected chi connectivity index (χ2v) is 7.78. The van der Waals surface area contributed by atoms with Gasteiger partial charge in [0, 0.05) is 30.3 Å². The number of hydrogen-bond acceptors (Lipinski definition) is 4. The Kier molecular flexibility index (Phi) is 4.50. The molecule has 5 rings (SSSR count). The summed E-state index contributed by atoms with van der Waals surface area (Å²) in [6, 6.07) is 7.70. The van der Waals surface area contributed by atoms with E-state index in [0.717, 1.165) is 35.4 Å². The van der Waals surface area contributed by atoms with Gasteiger partial charge in [-0.05, 0) is 45.7 Å². The maximum absolute atomic E-state index is 13.1. The Morgan fingerprint density at radius 3 is 2.74 bits per heavy atom. The smallest absolute Gasteiger partial charge is 0.253 e. The normalized spacial score (nSPS) is 22.3. The van der Waals surface area contributed by atoms with Crippen LogP contribution >= 0.6 is 0 Å². The number of aryl methyl sites for hydroxylation is 3. The Hall–Kier alpha value is -2.63. The minimum absolute atomic E-state index is 0.0163. The van der Waals surface area contributed by atoms with E-state index < -0.39 is 0 Å². The summed E-state index contributed by atoms with van der Waals surface area (Å²) in [5.41, 5.74) is 3.57. The van der Waals surface area contributed by atoms with Gasteiger partial charge in [0.1, 0.15) is 5.76 Å². The van der Waals surface area contributed by atoms with Crippen molar-refractivity contribution in [2.75, 3.05) is 13.1 Å². The maximum atomic E-state index is 13.1. The third kappa shape index (κ3) is 3.24. The fourth-order valence-electron chi connectivity index (χ4n) is 4.27. The van der Waals surface area contributed by atoms with Crippen LogP contribution in [-0.4, -0.2) is 45.9 Å². The van der Waals surface area contributed by atoms with Crippen LogP contribution in [-0.2, 0) is 11.3 Å². The van der Waals surface area contributed by atoms with Crippen LogP contribution in [0.2, 0.25) is 0 Å². The molecule has 0 saturated carbocycles. The lowest BCUT2D eigenvalue weighted by molar-refractivity contribution is -0.140. The van der Waals surface area contributed by atoms with E-state index in [-0.39, 0.29) is 23.8 Å². The summed E-state index contributed by atoms with van der Waals surface area (Å²) in [5.74, 6) is 0.791. The first-order valence-corrected chi connectivity index (χ1v) is 9.52. The molecule has 0 spiro atoms. The summed E-state index contributed by atoms with van der Waals surface area (Å²) < 4.78 is 5.26. The molecule has 2 bridgehead atoms. The van der Waals surface area contributed by atoms with Crippen LogP contribution in [0.5, 0.6) is 0 Å². The molecule has 2 amide bonds. The van der Waals surface area contributed by atoms with Gasteiger partial charge < -0.3 is 14.3 Å². The molecule has 6 nitrogen and oxygen atoms in total. The van der Waals surface area contributed by atoms with Gasteiger partial charge in [0.05, 0.1) is 18.2 Å². The first-order valence-electron chi connectivity index (χ1n) is 9.52. The highest BCUT2D eigenvalue weighted by Crippen LogP contribution is 2.32. The van der Waals surface area contributed by atoms with Crippen LogP contribution in [0.15, 0.2) is 28.8 Å². The van der Waals surface area contributed by atoms with E-state index in [1.807, 2.05) is 54.8 Å². The average molecular weight is 367 g/mol. The summed E-state index contributed by atoms with van der Waals surface area (Å²) in [6.45, 7) is 7.35. The number of piperidine rings is 1. The predicted molar refractivity (Wildman–Crippen MR) is 100 cm³/mol. The second-order valence-electron chi connectivity index (χ2n) is 7.78. The van der Waals surface area contributed by atoms with Gasteiger partial charge in [-0.25, -0.2) is 0 Å². The molecule has 1 aromatic heterocycles. The standard InChI is InChI=1S/C21H25N3O3/c1-13-5-4-6-16(9-13)20(25)23-10-17-7-8-18(11-23)24(21(17)26)12-19-14(2)22-27-15(19)3/h4-6,9,17-18H,7-8,10-12H2,1-3H3/t17-,18+/m1/s1. The highest BCUT2D eigenvalue weighted by atomic mass is 16.5. The Bertz CT molecular complexity index is 869. The summed E-state index contributed by atoms with van der Waals surface area (Å²) in [4.78, 5) is 29.9. The number of carbonyl (C=O) groups is 2. The molecule has 6 heteroatoms. The first kappa shape index (κ1) is 17.8. The molecule has 0 N–H and O–H groups in total. The van der Waals surface area contributed by atoms with E-state index in [9.17, 15) is 9.59 Å². The zero-order valence-electron chi connectivity index (χ0n) is 16.1. The molecule has 3 saturated heterocycles. The molecule has 0 aliphatic carbocycles. The zero-order chi connectivity index (χ0) is 19.1. The monoisotopic (exact) mass is 367 g/mol. The second kappa shape index (κ2) is 6.83. The quantitative estimate of drug-likeness (QED) is 0.837. The number of benzene rings is 1. The van der Waals surface area contributed by atoms with Crippen molar-refractivity contribution in [3.05, 3.63) is 52.4 Å². The number of rotatable bonds is 3. The lowest BCUT2D eigenvalue weighted by Crippen LogP contribution is -2.47. The van der Waals surface area contributed by atoms with Crippen molar-refractivity contribution in [1.82, 2.24) is 15.0 Å². The van der Waals surface area contributed by atoms with E-state index in [4.69, 9.17) is 4.52 Å². The maximum Gasteiger partial charge on any atom is 0.253 e. The molecule has 4 heterocycles. The van der Waals surface area contributed by atoms with Crippen molar-refractivity contribution in [2.24, 2.45) is 5.92 Å². The summed E-state index contributed by atoms with van der Waals surface area (Å²) >= 11 is 0. The number of carbonyl (C=O) groups excluding carboxylic acids is 2. The number of nitrogens with zero attached hydrogens (tertiary/aromatic N) is 3. The first-order chi connectivity index (χ1) is 12.9. The molecule has 3 aliphatic rings. The topological polar surface area (TPSA) is 66.7 Å². The Morgan fingerprint density at radius 1 is 1.22 bits per heavy atom. The van der Waals surface area contributed by atoms with E-state index >= 15 is 0 Å². The molecule has 27 heavy (non-hydrogen) atoms. The molecular formula is C21H25N3O3. The number of hydrogen-bond donors (Lipinski definition) is 0. The molecule has 142 valence electrons. The van der Waals surface area contributed by atoms with Crippen molar-refractivity contribution >= 4 is 11.8 Å². The van der Waals surface area contributed by atoms with Crippen molar-refractivity contribution in [3.8, 4) is 0 Å². The van der Waals surface area contributed by atoms with Gasteiger partial charge in [0.15, 0.2) is 0 Å². The van der Waals surface area contributed by atoms with Crippen LogP contribution < -0.4 is 0 Å². The van der Waals surface area contributed by atoms with Gasteiger partial charge >= 0.3 is 0 Å². The van der Waals surface area contributed by atoms with Gasteiger partial charge in [-0.3, -0.25) is 9.59 Å². The minimum atomic E-state index is -0.127. The van der Waals surface area contributed by atoms with Gasteiger partial charge in [-0.1, -0.05) is 22.9 Å². The number of amides is 2. The molecule has 1 aromatic carbocycles. The third-order valence-corrected chi connectivity index (χ3v) is 5.86. The van der Waals surface area contributed by atoms with Crippen LogP contribution in [0.25, 0.3) is 0 Å². The highest BCUT2D eigenvalue weighted by molar-refractivity contribution is 5.95. The van der Waals surface area contributed by atoms with E-state index in [1.165, 1.54) is 0 Å². The Balaban J connectivity index is 1.58. The van der Waals surface area contributed by atoms with Gasteiger partial charge in [0.25, 0.3) is 5.91 Å². The minimum Gasteiger partial charge on any atom is -0.361 e. The van der Waals surface area contributed by atoms with E-state index in [2.05, 4.69) is 5.16 Å². The molecule has 3 fully saturated rings. The van der Waals surface area contributed by atoms with Gasteiger partial charge in [-0.15, -0.1) is 0 Å². The fraction of sp³-hybridized carbons (Fsp3) is 0.476. The summed E-state index contributed by atoms with van der Waals surface area (Å²) in [5, 5.41) is 4.01. The number of aromatic nitrogens is 1. The molecule has 0 unspecified atom stereocenters. The van der Waals surface area contributed by atoms with E-state index in [1.54, 1.807) is 0 Å². The van der Waals surface area contributed by atoms with Crippen LogP contribution in [0, 0.1) is 26.7 Å². The number of fused-ring (bicyclic) bond motifs is 4. The Morgan fingerprint density at radius 2 is 2.04 bits per heavy atom. The van der Waals surface area contributed by atoms with Crippen LogP contribution in [0.1, 0.15) is 45.8 Å². The van der Waals surface area contributed by atoms with Crippen LogP contribution in [0.4, 0.5) is 0 Å². The van der Waals surface area contributed by atoms with Crippen molar-refractivity contribution in [3.63, 3.8) is 0 Å². The summed E-state index contributed by atoms with van der Waals surface area (Å²) in [6.07, 6.45) is 1.77. The summed E-state index contributed by atoms with van der Waals surface area (Å²) in [7, 11) is 0. The van der Waals surface area contributed by atoms with Crippen molar-refractivity contribution < 1.29 is 14.1 Å². The van der Waals surface area contributed by atoms with Crippen molar-refractivity contribution in [1.29, 1.82) is 0 Å². The predicted octanol–water partition coefficient (Wildman–Crippen LogP) is 2.86. The molecular weight excluding hydrogens is 342 g/mol. The van der Waals surface area contributed by atoms with Crippen molar-refractivity contribution in [2.45, 2.75) is 46.2 Å². The molecule has 2 atom stereocenters.